The quantitative estimate of drug-likeness (QED) is 0.783. The van der Waals surface area contributed by atoms with Crippen molar-refractivity contribution in [2.45, 2.75) is 19.4 Å². The number of hydrogen-bond acceptors (Lipinski definition) is 2. The molecule has 0 spiro atoms. The summed E-state index contributed by atoms with van der Waals surface area (Å²) in [7, 11) is 0. The smallest absolute Gasteiger partial charge is 0.0787 e. The van der Waals surface area contributed by atoms with Gasteiger partial charge < -0.3 is 5.11 Å². The predicted molar refractivity (Wildman–Crippen MR) is 84.3 cm³/mol. The maximum absolute atomic E-state index is 9.82. The Morgan fingerprint density at radius 1 is 1.00 bits per heavy atom. The Labute approximate surface area is 124 Å². The van der Waals surface area contributed by atoms with E-state index in [4.69, 9.17) is 0 Å². The predicted octanol–water partition coefficient (Wildman–Crippen LogP) is 3.98. The molecule has 0 aliphatic carbocycles. The van der Waals surface area contributed by atoms with Crippen LogP contribution in [0.1, 0.15) is 25.0 Å². The molecular weight excluding hydrogens is 260 g/mol. The van der Waals surface area contributed by atoms with Gasteiger partial charge in [-0.05, 0) is 41.3 Å². The fourth-order valence-electron chi connectivity index (χ4n) is 2.36. The van der Waals surface area contributed by atoms with Gasteiger partial charge in [-0.25, -0.2) is 4.68 Å². The Bertz CT molecular complexity index is 685. The molecule has 21 heavy (non-hydrogen) atoms. The van der Waals surface area contributed by atoms with Gasteiger partial charge in [0.25, 0.3) is 0 Å². The fourth-order valence-corrected chi connectivity index (χ4v) is 2.36. The topological polar surface area (TPSA) is 38.0 Å². The summed E-state index contributed by atoms with van der Waals surface area (Å²) in [6.45, 7) is 1.98. The van der Waals surface area contributed by atoms with Crippen molar-refractivity contribution in [3.8, 4) is 16.8 Å². The summed E-state index contributed by atoms with van der Waals surface area (Å²) in [6, 6.07) is 18.3. The molecule has 1 heterocycles. The van der Waals surface area contributed by atoms with Gasteiger partial charge in [-0.1, -0.05) is 43.3 Å². The molecule has 0 radical (unpaired) electrons. The SMILES string of the molecule is CC[C@H](O)c1ccc(-c2ccc(-n3cccn3)cc2)cc1. The van der Waals surface area contributed by atoms with Gasteiger partial charge in [0, 0.05) is 12.4 Å². The second kappa shape index (κ2) is 5.94. The Morgan fingerprint density at radius 2 is 1.62 bits per heavy atom. The standard InChI is InChI=1S/C18H18N2O/c1-2-18(21)16-6-4-14(5-7-16)15-8-10-17(11-9-15)20-13-3-12-19-20/h3-13,18,21H,2H2,1H3/t18-/m0/s1. The van der Waals surface area contributed by atoms with Crippen LogP contribution in [0.3, 0.4) is 0 Å². The van der Waals surface area contributed by atoms with Crippen molar-refractivity contribution in [1.82, 2.24) is 9.78 Å². The summed E-state index contributed by atoms with van der Waals surface area (Å²) in [5, 5.41) is 14.0. The molecule has 0 saturated heterocycles. The van der Waals surface area contributed by atoms with Crippen molar-refractivity contribution < 1.29 is 5.11 Å². The van der Waals surface area contributed by atoms with Crippen molar-refractivity contribution in [2.24, 2.45) is 0 Å². The Kier molecular flexibility index (Phi) is 3.84. The van der Waals surface area contributed by atoms with E-state index < -0.39 is 0 Å². The number of nitrogens with zero attached hydrogens (tertiary/aromatic N) is 2. The summed E-state index contributed by atoms with van der Waals surface area (Å²) in [6.07, 6.45) is 4.06. The van der Waals surface area contributed by atoms with Crippen LogP contribution in [0.25, 0.3) is 16.8 Å². The zero-order valence-corrected chi connectivity index (χ0v) is 12.0. The van der Waals surface area contributed by atoms with E-state index in [1.165, 1.54) is 0 Å². The highest BCUT2D eigenvalue weighted by Gasteiger charge is 2.05. The molecule has 106 valence electrons. The first-order chi connectivity index (χ1) is 10.3. The van der Waals surface area contributed by atoms with E-state index in [9.17, 15) is 5.11 Å². The highest BCUT2D eigenvalue weighted by atomic mass is 16.3. The number of hydrogen-bond donors (Lipinski definition) is 1. The monoisotopic (exact) mass is 278 g/mol. The highest BCUT2D eigenvalue weighted by Crippen LogP contribution is 2.24. The molecule has 0 aliphatic heterocycles. The third kappa shape index (κ3) is 2.88. The first kappa shape index (κ1) is 13.6. The van der Waals surface area contributed by atoms with E-state index in [0.717, 1.165) is 28.8 Å². The number of aliphatic hydroxyl groups excluding tert-OH is 1. The van der Waals surface area contributed by atoms with E-state index in [-0.39, 0.29) is 6.10 Å². The minimum Gasteiger partial charge on any atom is -0.388 e. The molecular formula is C18H18N2O. The van der Waals surface area contributed by atoms with Gasteiger partial charge in [-0.15, -0.1) is 0 Å². The van der Waals surface area contributed by atoms with Crippen LogP contribution >= 0.6 is 0 Å². The van der Waals surface area contributed by atoms with Crippen LogP contribution < -0.4 is 0 Å². The Balaban J connectivity index is 1.84. The normalized spacial score (nSPS) is 12.3. The lowest BCUT2D eigenvalue weighted by Gasteiger charge is -2.09. The molecule has 1 atom stereocenters. The average Bonchev–Trinajstić information content (AvgIpc) is 3.09. The summed E-state index contributed by atoms with van der Waals surface area (Å²) < 4.78 is 1.84. The van der Waals surface area contributed by atoms with Crippen molar-refractivity contribution in [2.75, 3.05) is 0 Å². The molecule has 0 aliphatic rings. The average molecular weight is 278 g/mol. The summed E-state index contributed by atoms with van der Waals surface area (Å²) in [4.78, 5) is 0. The van der Waals surface area contributed by atoms with Crippen LogP contribution in [0.5, 0.6) is 0 Å². The molecule has 0 unspecified atom stereocenters. The van der Waals surface area contributed by atoms with E-state index in [1.54, 1.807) is 6.20 Å². The molecule has 3 aromatic rings. The molecule has 3 rings (SSSR count). The minimum absolute atomic E-state index is 0.374. The molecule has 1 N–H and O–H groups in total. The minimum atomic E-state index is -0.374. The van der Waals surface area contributed by atoms with E-state index in [1.807, 2.05) is 36.0 Å². The maximum Gasteiger partial charge on any atom is 0.0787 e. The molecule has 1 aromatic heterocycles. The maximum atomic E-state index is 9.82. The van der Waals surface area contributed by atoms with Crippen LogP contribution in [0, 0.1) is 0 Å². The summed E-state index contributed by atoms with van der Waals surface area (Å²) in [5.41, 5.74) is 4.31. The van der Waals surface area contributed by atoms with Crippen molar-refractivity contribution >= 4 is 0 Å². The number of aromatic nitrogens is 2. The van der Waals surface area contributed by atoms with Crippen LogP contribution in [0.2, 0.25) is 0 Å². The molecule has 3 heteroatoms. The fraction of sp³-hybridized carbons (Fsp3) is 0.167. The first-order valence-electron chi connectivity index (χ1n) is 7.16. The Hall–Kier alpha value is -2.39. The number of benzene rings is 2. The van der Waals surface area contributed by atoms with Crippen LogP contribution in [-0.2, 0) is 0 Å². The highest BCUT2D eigenvalue weighted by molar-refractivity contribution is 5.65. The molecule has 0 saturated carbocycles. The van der Waals surface area contributed by atoms with Crippen molar-refractivity contribution in [1.29, 1.82) is 0 Å². The second-order valence-corrected chi connectivity index (χ2v) is 5.04. The van der Waals surface area contributed by atoms with E-state index in [2.05, 4.69) is 41.5 Å². The van der Waals surface area contributed by atoms with Crippen molar-refractivity contribution in [3.63, 3.8) is 0 Å². The summed E-state index contributed by atoms with van der Waals surface area (Å²) >= 11 is 0. The van der Waals surface area contributed by atoms with Gasteiger partial charge in [-0.2, -0.15) is 5.10 Å². The van der Waals surface area contributed by atoms with E-state index >= 15 is 0 Å². The lowest BCUT2D eigenvalue weighted by Crippen LogP contribution is -1.95. The Morgan fingerprint density at radius 3 is 2.14 bits per heavy atom. The van der Waals surface area contributed by atoms with Gasteiger partial charge in [0.15, 0.2) is 0 Å². The van der Waals surface area contributed by atoms with Crippen LogP contribution in [0.15, 0.2) is 67.0 Å². The molecule has 0 bridgehead atoms. The van der Waals surface area contributed by atoms with Crippen LogP contribution in [-0.4, -0.2) is 14.9 Å². The zero-order chi connectivity index (χ0) is 14.7. The third-order valence-electron chi connectivity index (χ3n) is 3.65. The second-order valence-electron chi connectivity index (χ2n) is 5.04. The molecule has 0 fully saturated rings. The zero-order valence-electron chi connectivity index (χ0n) is 12.0. The van der Waals surface area contributed by atoms with Gasteiger partial charge in [0.2, 0.25) is 0 Å². The first-order valence-corrected chi connectivity index (χ1v) is 7.16. The van der Waals surface area contributed by atoms with Crippen molar-refractivity contribution in [3.05, 3.63) is 72.6 Å². The van der Waals surface area contributed by atoms with Gasteiger partial charge in [0.1, 0.15) is 0 Å². The number of aliphatic hydroxyl groups is 1. The molecule has 2 aromatic carbocycles. The van der Waals surface area contributed by atoms with Gasteiger partial charge in [-0.3, -0.25) is 0 Å². The third-order valence-corrected chi connectivity index (χ3v) is 3.65. The lowest BCUT2D eigenvalue weighted by atomic mass is 10.0. The largest absolute Gasteiger partial charge is 0.388 e. The van der Waals surface area contributed by atoms with Gasteiger partial charge >= 0.3 is 0 Å². The molecule has 3 nitrogen and oxygen atoms in total. The van der Waals surface area contributed by atoms with Gasteiger partial charge in [0.05, 0.1) is 11.8 Å². The lowest BCUT2D eigenvalue weighted by molar-refractivity contribution is 0.173. The molecule has 0 amide bonds. The van der Waals surface area contributed by atoms with Crippen LogP contribution in [0.4, 0.5) is 0 Å². The number of rotatable bonds is 4. The summed E-state index contributed by atoms with van der Waals surface area (Å²) in [5.74, 6) is 0. The van der Waals surface area contributed by atoms with E-state index in [0.29, 0.717) is 0 Å².